The first kappa shape index (κ1) is 13.7. The smallest absolute Gasteiger partial charge is 0.123 e. The number of rotatable bonds is 3. The lowest BCUT2D eigenvalue weighted by atomic mass is 10.2. The van der Waals surface area contributed by atoms with Crippen LogP contribution in [0.25, 0.3) is 0 Å². The minimum atomic E-state index is -0.213. The normalized spacial score (nSPS) is 18.3. The number of hydrogen-bond acceptors (Lipinski definition) is 2. The van der Waals surface area contributed by atoms with Crippen LogP contribution in [0, 0.1) is 5.82 Å². The van der Waals surface area contributed by atoms with Gasteiger partial charge in [0.05, 0.1) is 12.7 Å². The minimum absolute atomic E-state index is 0.197. The molecule has 0 radical (unpaired) electrons. The summed E-state index contributed by atoms with van der Waals surface area (Å²) in [7, 11) is 0. The highest BCUT2D eigenvalue weighted by Crippen LogP contribution is 2.14. The molecule has 0 aliphatic carbocycles. The van der Waals surface area contributed by atoms with E-state index in [1.165, 1.54) is 12.1 Å². The van der Waals surface area contributed by atoms with Gasteiger partial charge in [-0.1, -0.05) is 32.6 Å². The summed E-state index contributed by atoms with van der Waals surface area (Å²) in [6.45, 7) is 9.18. The molecule has 2 rings (SSSR count). The second-order valence-corrected chi connectivity index (χ2v) is 3.75. The topological polar surface area (TPSA) is 21.3 Å². The summed E-state index contributed by atoms with van der Waals surface area (Å²) in [6, 6.07) is 6.38. The van der Waals surface area contributed by atoms with Gasteiger partial charge in [0, 0.05) is 18.7 Å². The SMILES string of the molecule is C=C1CC(OCc2ccc(F)cc2)CN1.CC. The van der Waals surface area contributed by atoms with E-state index in [1.807, 2.05) is 13.8 Å². The van der Waals surface area contributed by atoms with Gasteiger partial charge < -0.3 is 10.1 Å². The predicted octanol–water partition coefficient (Wildman–Crippen LogP) is 3.24. The Balaban J connectivity index is 0.000000686. The van der Waals surface area contributed by atoms with Crippen molar-refractivity contribution < 1.29 is 9.13 Å². The Morgan fingerprint density at radius 3 is 2.53 bits per heavy atom. The number of nitrogens with one attached hydrogen (secondary N) is 1. The van der Waals surface area contributed by atoms with Gasteiger partial charge in [-0.25, -0.2) is 4.39 Å². The molecular formula is C14H20FNO. The summed E-state index contributed by atoms with van der Waals surface area (Å²) >= 11 is 0. The molecule has 1 fully saturated rings. The van der Waals surface area contributed by atoms with Crippen molar-refractivity contribution in [1.29, 1.82) is 0 Å². The van der Waals surface area contributed by atoms with Crippen LogP contribution in [0.1, 0.15) is 25.8 Å². The van der Waals surface area contributed by atoms with E-state index in [1.54, 1.807) is 12.1 Å². The van der Waals surface area contributed by atoms with Crippen molar-refractivity contribution in [2.45, 2.75) is 33.0 Å². The van der Waals surface area contributed by atoms with E-state index in [9.17, 15) is 4.39 Å². The van der Waals surface area contributed by atoms with Crippen molar-refractivity contribution in [3.63, 3.8) is 0 Å². The first-order valence-corrected chi connectivity index (χ1v) is 6.02. The molecule has 1 atom stereocenters. The first-order chi connectivity index (χ1) is 8.24. The molecule has 0 amide bonds. The fraction of sp³-hybridized carbons (Fsp3) is 0.429. The average Bonchev–Trinajstić information content (AvgIpc) is 2.77. The largest absolute Gasteiger partial charge is 0.386 e. The Morgan fingerprint density at radius 1 is 1.35 bits per heavy atom. The summed E-state index contributed by atoms with van der Waals surface area (Å²) in [5.41, 5.74) is 2.02. The molecule has 1 aliphatic heterocycles. The van der Waals surface area contributed by atoms with Crippen molar-refractivity contribution in [3.8, 4) is 0 Å². The molecule has 17 heavy (non-hydrogen) atoms. The van der Waals surface area contributed by atoms with Crippen LogP contribution in [0.5, 0.6) is 0 Å². The highest BCUT2D eigenvalue weighted by atomic mass is 19.1. The number of halogens is 1. The Labute approximate surface area is 102 Å². The fourth-order valence-corrected chi connectivity index (χ4v) is 1.59. The molecule has 0 aromatic heterocycles. The molecule has 0 spiro atoms. The third-order valence-electron chi connectivity index (χ3n) is 2.45. The van der Waals surface area contributed by atoms with E-state index in [-0.39, 0.29) is 11.9 Å². The van der Waals surface area contributed by atoms with Crippen LogP contribution in [-0.4, -0.2) is 12.6 Å². The van der Waals surface area contributed by atoms with Crippen molar-refractivity contribution in [2.24, 2.45) is 0 Å². The number of ether oxygens (including phenoxy) is 1. The lowest BCUT2D eigenvalue weighted by Gasteiger charge is -2.09. The molecule has 1 saturated heterocycles. The Hall–Kier alpha value is -1.35. The zero-order valence-corrected chi connectivity index (χ0v) is 10.5. The number of benzene rings is 1. The van der Waals surface area contributed by atoms with Gasteiger partial charge in [0.1, 0.15) is 5.82 Å². The van der Waals surface area contributed by atoms with Gasteiger partial charge in [-0.2, -0.15) is 0 Å². The summed E-state index contributed by atoms with van der Waals surface area (Å²) in [5, 5.41) is 3.14. The van der Waals surface area contributed by atoms with Crippen molar-refractivity contribution in [3.05, 3.63) is 47.9 Å². The van der Waals surface area contributed by atoms with Crippen LogP contribution >= 0.6 is 0 Å². The van der Waals surface area contributed by atoms with Crippen LogP contribution in [-0.2, 0) is 11.3 Å². The lowest BCUT2D eigenvalue weighted by Crippen LogP contribution is -2.16. The molecule has 1 aromatic rings. The highest BCUT2D eigenvalue weighted by Gasteiger charge is 2.17. The second-order valence-electron chi connectivity index (χ2n) is 3.75. The van der Waals surface area contributed by atoms with Crippen molar-refractivity contribution in [1.82, 2.24) is 5.32 Å². The van der Waals surface area contributed by atoms with E-state index in [4.69, 9.17) is 4.74 Å². The van der Waals surface area contributed by atoms with E-state index in [0.717, 1.165) is 24.2 Å². The van der Waals surface area contributed by atoms with Gasteiger partial charge >= 0.3 is 0 Å². The fourth-order valence-electron chi connectivity index (χ4n) is 1.59. The maximum absolute atomic E-state index is 12.6. The molecular weight excluding hydrogens is 217 g/mol. The van der Waals surface area contributed by atoms with Gasteiger partial charge in [-0.05, 0) is 17.7 Å². The van der Waals surface area contributed by atoms with Crippen molar-refractivity contribution >= 4 is 0 Å². The van der Waals surface area contributed by atoms with Crippen molar-refractivity contribution in [2.75, 3.05) is 6.54 Å². The lowest BCUT2D eigenvalue weighted by molar-refractivity contribution is 0.0553. The van der Waals surface area contributed by atoms with Gasteiger partial charge in [-0.3, -0.25) is 0 Å². The molecule has 1 unspecified atom stereocenters. The predicted molar refractivity (Wildman–Crippen MR) is 68.1 cm³/mol. The molecule has 0 saturated carbocycles. The summed E-state index contributed by atoms with van der Waals surface area (Å²) in [4.78, 5) is 0. The van der Waals surface area contributed by atoms with Crippen LogP contribution in [0.15, 0.2) is 36.5 Å². The van der Waals surface area contributed by atoms with E-state index < -0.39 is 0 Å². The maximum Gasteiger partial charge on any atom is 0.123 e. The zero-order valence-electron chi connectivity index (χ0n) is 10.5. The second kappa shape index (κ2) is 7.07. The Morgan fingerprint density at radius 2 is 2.00 bits per heavy atom. The highest BCUT2D eigenvalue weighted by molar-refractivity contribution is 5.15. The van der Waals surface area contributed by atoms with Crippen LogP contribution < -0.4 is 5.32 Å². The third-order valence-corrected chi connectivity index (χ3v) is 2.45. The van der Waals surface area contributed by atoms with E-state index >= 15 is 0 Å². The molecule has 3 heteroatoms. The molecule has 2 nitrogen and oxygen atoms in total. The summed E-state index contributed by atoms with van der Waals surface area (Å²) < 4.78 is 18.3. The Kier molecular flexibility index (Phi) is 5.70. The molecule has 1 heterocycles. The number of hydrogen-bond donors (Lipinski definition) is 1. The standard InChI is InChI=1S/C12H14FNO.C2H6/c1-9-6-12(7-14-9)15-8-10-2-4-11(13)5-3-10;1-2/h2-5,12,14H,1,6-8H2;1-2H3. The van der Waals surface area contributed by atoms with Crippen LogP contribution in [0.2, 0.25) is 0 Å². The van der Waals surface area contributed by atoms with Gasteiger partial charge in [-0.15, -0.1) is 0 Å². The van der Waals surface area contributed by atoms with Gasteiger partial charge in [0.25, 0.3) is 0 Å². The maximum atomic E-state index is 12.6. The van der Waals surface area contributed by atoms with Gasteiger partial charge in [0.15, 0.2) is 0 Å². The molecule has 1 aromatic carbocycles. The zero-order chi connectivity index (χ0) is 12.7. The van der Waals surface area contributed by atoms with Crippen LogP contribution in [0.3, 0.4) is 0 Å². The quantitative estimate of drug-likeness (QED) is 0.871. The monoisotopic (exact) mass is 237 g/mol. The van der Waals surface area contributed by atoms with E-state index in [0.29, 0.717) is 6.61 Å². The molecule has 1 N–H and O–H groups in total. The van der Waals surface area contributed by atoms with Crippen LogP contribution in [0.4, 0.5) is 4.39 Å². The average molecular weight is 237 g/mol. The van der Waals surface area contributed by atoms with E-state index in [2.05, 4.69) is 11.9 Å². The third kappa shape index (κ3) is 4.57. The van der Waals surface area contributed by atoms with Gasteiger partial charge in [0.2, 0.25) is 0 Å². The first-order valence-electron chi connectivity index (χ1n) is 6.02. The summed E-state index contributed by atoms with van der Waals surface area (Å²) in [5.74, 6) is -0.213. The summed E-state index contributed by atoms with van der Waals surface area (Å²) in [6.07, 6.45) is 1.06. The molecule has 94 valence electrons. The molecule has 0 bridgehead atoms. The Bertz CT molecular complexity index is 348. The molecule has 1 aliphatic rings. The minimum Gasteiger partial charge on any atom is -0.386 e.